The Labute approximate surface area is 138 Å². The van der Waals surface area contributed by atoms with Crippen molar-refractivity contribution in [2.24, 2.45) is 4.99 Å². The zero-order valence-electron chi connectivity index (χ0n) is 11.6. The van der Waals surface area contributed by atoms with Gasteiger partial charge in [0.1, 0.15) is 11.4 Å². The van der Waals surface area contributed by atoms with Crippen LogP contribution in [-0.4, -0.2) is 19.1 Å². The summed E-state index contributed by atoms with van der Waals surface area (Å²) < 4.78 is 41.2. The molecule has 1 aliphatic heterocycles. The predicted molar refractivity (Wildman–Crippen MR) is 87.3 cm³/mol. The average molecular weight is 386 g/mol. The lowest BCUT2D eigenvalue weighted by Crippen LogP contribution is -2.16. The Balaban J connectivity index is 2.02. The van der Waals surface area contributed by atoms with E-state index in [1.807, 2.05) is 0 Å². The first-order chi connectivity index (χ1) is 10.8. The first-order valence-corrected chi connectivity index (χ1v) is 7.39. The summed E-state index contributed by atoms with van der Waals surface area (Å²) in [5, 5.41) is 3.20. The van der Waals surface area contributed by atoms with Gasteiger partial charge in [0.05, 0.1) is 16.7 Å². The molecule has 0 saturated carbocycles. The molecule has 0 amide bonds. The van der Waals surface area contributed by atoms with E-state index in [0.717, 1.165) is 11.3 Å². The Hall–Kier alpha value is -2.22. The number of fused-ring (bicyclic) bond motifs is 1. The number of hydrogen-bond donors (Lipinski definition) is 2. The highest BCUT2D eigenvalue weighted by Gasteiger charge is 2.31. The zero-order chi connectivity index (χ0) is 16.6. The maximum atomic E-state index is 12.2. The molecule has 3 N–H and O–H groups in total. The molecule has 120 valence electrons. The minimum atomic E-state index is -4.71. The number of alkyl halides is 3. The van der Waals surface area contributed by atoms with Crippen molar-refractivity contribution in [1.82, 2.24) is 0 Å². The van der Waals surface area contributed by atoms with Gasteiger partial charge in [-0.25, -0.2) is 0 Å². The number of rotatable bonds is 2. The molecule has 1 heterocycles. The standard InChI is InChI=1S/C15H11BrF3N3O/c16-12-11(20)7-10(13-14(12)22-6-5-21-13)8-1-3-9(4-2-8)23-15(17,18)19/h1-4,6-7,21H,5,20H2. The second-order valence-corrected chi connectivity index (χ2v) is 5.61. The van der Waals surface area contributed by atoms with Gasteiger partial charge in [-0.05, 0) is 39.7 Å². The number of nitrogens with two attached hydrogens (primary N) is 1. The van der Waals surface area contributed by atoms with Crippen LogP contribution in [0.4, 0.5) is 30.2 Å². The molecule has 0 radical (unpaired) electrons. The van der Waals surface area contributed by atoms with E-state index in [-0.39, 0.29) is 5.75 Å². The Kier molecular flexibility index (Phi) is 3.93. The normalized spacial score (nSPS) is 13.4. The lowest BCUT2D eigenvalue weighted by atomic mass is 10.0. The van der Waals surface area contributed by atoms with Gasteiger partial charge in [0.15, 0.2) is 0 Å². The fourth-order valence-electron chi connectivity index (χ4n) is 2.31. The lowest BCUT2D eigenvalue weighted by Gasteiger charge is -2.20. The number of anilines is 2. The molecule has 0 aliphatic carbocycles. The summed E-state index contributed by atoms with van der Waals surface area (Å²) in [5.74, 6) is -0.272. The molecule has 0 fully saturated rings. The Morgan fingerprint density at radius 1 is 1.22 bits per heavy atom. The highest BCUT2D eigenvalue weighted by Crippen LogP contribution is 2.45. The van der Waals surface area contributed by atoms with Crippen molar-refractivity contribution in [1.29, 1.82) is 0 Å². The van der Waals surface area contributed by atoms with Gasteiger partial charge in [0, 0.05) is 17.5 Å². The Morgan fingerprint density at radius 2 is 1.91 bits per heavy atom. The largest absolute Gasteiger partial charge is 0.573 e. The van der Waals surface area contributed by atoms with Gasteiger partial charge in [-0.1, -0.05) is 12.1 Å². The molecule has 0 aromatic heterocycles. The van der Waals surface area contributed by atoms with Gasteiger partial charge in [0.25, 0.3) is 0 Å². The third-order valence-corrected chi connectivity index (χ3v) is 4.09. The summed E-state index contributed by atoms with van der Waals surface area (Å²) in [5.41, 5.74) is 9.38. The van der Waals surface area contributed by atoms with E-state index in [9.17, 15) is 13.2 Å². The molecular weight excluding hydrogens is 375 g/mol. The number of halogens is 4. The first kappa shape index (κ1) is 15.7. The van der Waals surface area contributed by atoms with Crippen molar-refractivity contribution < 1.29 is 17.9 Å². The van der Waals surface area contributed by atoms with E-state index in [1.165, 1.54) is 12.1 Å². The summed E-state index contributed by atoms with van der Waals surface area (Å²) in [6.45, 7) is 0.561. The van der Waals surface area contributed by atoms with Crippen molar-refractivity contribution in [3.8, 4) is 16.9 Å². The average Bonchev–Trinajstić information content (AvgIpc) is 2.50. The van der Waals surface area contributed by atoms with Crippen LogP contribution in [0.3, 0.4) is 0 Å². The van der Waals surface area contributed by atoms with E-state index in [4.69, 9.17) is 5.73 Å². The molecule has 0 saturated heterocycles. The second-order valence-electron chi connectivity index (χ2n) is 4.82. The van der Waals surface area contributed by atoms with Crippen LogP contribution in [0.5, 0.6) is 5.75 Å². The molecule has 2 aromatic carbocycles. The van der Waals surface area contributed by atoms with E-state index >= 15 is 0 Å². The zero-order valence-corrected chi connectivity index (χ0v) is 13.2. The SMILES string of the molecule is Nc1cc(-c2ccc(OC(F)(F)F)cc2)c2c(c1Br)N=CCN2. The summed E-state index contributed by atoms with van der Waals surface area (Å²) in [7, 11) is 0. The van der Waals surface area contributed by atoms with Crippen LogP contribution in [0.15, 0.2) is 39.8 Å². The second kappa shape index (κ2) is 5.77. The maximum Gasteiger partial charge on any atom is 0.573 e. The summed E-state index contributed by atoms with van der Waals surface area (Å²) in [6.07, 6.45) is -2.99. The van der Waals surface area contributed by atoms with Gasteiger partial charge in [-0.15, -0.1) is 13.2 Å². The molecule has 3 rings (SSSR count). The Morgan fingerprint density at radius 3 is 2.57 bits per heavy atom. The lowest BCUT2D eigenvalue weighted by molar-refractivity contribution is -0.274. The van der Waals surface area contributed by atoms with E-state index in [1.54, 1.807) is 24.4 Å². The minimum Gasteiger partial charge on any atom is -0.406 e. The fourth-order valence-corrected chi connectivity index (χ4v) is 2.73. The topological polar surface area (TPSA) is 59.6 Å². The van der Waals surface area contributed by atoms with Crippen molar-refractivity contribution in [3.05, 3.63) is 34.8 Å². The van der Waals surface area contributed by atoms with E-state index in [2.05, 4.69) is 31.0 Å². The molecular formula is C15H11BrF3N3O. The van der Waals surface area contributed by atoms with Crippen LogP contribution in [-0.2, 0) is 0 Å². The number of aliphatic imine (C=N–C) groups is 1. The highest BCUT2D eigenvalue weighted by molar-refractivity contribution is 9.10. The van der Waals surface area contributed by atoms with Gasteiger partial charge < -0.3 is 15.8 Å². The maximum absolute atomic E-state index is 12.2. The molecule has 2 aromatic rings. The van der Waals surface area contributed by atoms with Crippen LogP contribution in [0.1, 0.15) is 0 Å². The van der Waals surface area contributed by atoms with Gasteiger partial charge >= 0.3 is 6.36 Å². The number of nitrogens with zero attached hydrogens (tertiary/aromatic N) is 1. The third kappa shape index (κ3) is 3.26. The molecule has 8 heteroatoms. The van der Waals surface area contributed by atoms with Crippen LogP contribution >= 0.6 is 15.9 Å². The molecule has 0 unspecified atom stereocenters. The minimum absolute atomic E-state index is 0.272. The van der Waals surface area contributed by atoms with Gasteiger partial charge in [-0.2, -0.15) is 0 Å². The van der Waals surface area contributed by atoms with Crippen molar-refractivity contribution in [2.45, 2.75) is 6.36 Å². The van der Waals surface area contributed by atoms with Crippen molar-refractivity contribution in [3.63, 3.8) is 0 Å². The number of hydrogen-bond acceptors (Lipinski definition) is 4. The van der Waals surface area contributed by atoms with Crippen molar-refractivity contribution >= 4 is 39.2 Å². The number of benzene rings is 2. The number of nitrogens with one attached hydrogen (secondary N) is 1. The smallest absolute Gasteiger partial charge is 0.406 e. The Bertz CT molecular complexity index is 773. The first-order valence-electron chi connectivity index (χ1n) is 6.60. The summed E-state index contributed by atoms with van der Waals surface area (Å²) in [6, 6.07) is 7.36. The van der Waals surface area contributed by atoms with Crippen LogP contribution in [0.25, 0.3) is 11.1 Å². The molecule has 0 atom stereocenters. The summed E-state index contributed by atoms with van der Waals surface area (Å²) >= 11 is 3.39. The molecule has 0 spiro atoms. The number of ether oxygens (including phenoxy) is 1. The molecule has 4 nitrogen and oxygen atoms in total. The van der Waals surface area contributed by atoms with E-state index in [0.29, 0.717) is 28.0 Å². The quantitative estimate of drug-likeness (QED) is 0.734. The van der Waals surface area contributed by atoms with E-state index < -0.39 is 6.36 Å². The van der Waals surface area contributed by atoms with Gasteiger partial charge in [-0.3, -0.25) is 4.99 Å². The van der Waals surface area contributed by atoms with Crippen LogP contribution in [0, 0.1) is 0 Å². The predicted octanol–water partition coefficient (Wildman–Crippen LogP) is 4.72. The third-order valence-electron chi connectivity index (χ3n) is 3.26. The molecule has 23 heavy (non-hydrogen) atoms. The van der Waals surface area contributed by atoms with Crippen molar-refractivity contribution in [2.75, 3.05) is 17.6 Å². The van der Waals surface area contributed by atoms with Crippen LogP contribution < -0.4 is 15.8 Å². The summed E-state index contributed by atoms with van der Waals surface area (Å²) in [4.78, 5) is 4.32. The monoisotopic (exact) mass is 385 g/mol. The fraction of sp³-hybridized carbons (Fsp3) is 0.133. The molecule has 1 aliphatic rings. The molecule has 0 bridgehead atoms. The number of nitrogen functional groups attached to an aromatic ring is 1. The highest BCUT2D eigenvalue weighted by atomic mass is 79.9. The van der Waals surface area contributed by atoms with Crippen LogP contribution in [0.2, 0.25) is 0 Å². The van der Waals surface area contributed by atoms with Gasteiger partial charge in [0.2, 0.25) is 0 Å².